The van der Waals surface area contributed by atoms with Gasteiger partial charge < -0.3 is 10.4 Å². The molecule has 0 aliphatic rings. The average Bonchev–Trinajstić information content (AvgIpc) is 2.15. The van der Waals surface area contributed by atoms with Gasteiger partial charge in [0.15, 0.2) is 0 Å². The molecular weight excluding hydrogens is 204 g/mol. The Morgan fingerprint density at radius 1 is 1.64 bits per heavy atom. The van der Waals surface area contributed by atoms with Gasteiger partial charge in [-0.1, -0.05) is 6.92 Å². The van der Waals surface area contributed by atoms with Gasteiger partial charge in [0.25, 0.3) is 0 Å². The minimum atomic E-state index is -0.911. The highest BCUT2D eigenvalue weighted by atomic mass is 32.2. The number of thioether (sulfide) groups is 1. The van der Waals surface area contributed by atoms with Crippen LogP contribution in [0.25, 0.3) is 0 Å². The average molecular weight is 216 g/mol. The summed E-state index contributed by atoms with van der Waals surface area (Å²) in [5.74, 6) is -1.14. The van der Waals surface area contributed by atoms with E-state index in [9.17, 15) is 9.59 Å². The van der Waals surface area contributed by atoms with Gasteiger partial charge in [-0.3, -0.25) is 9.59 Å². The first-order valence-electron chi connectivity index (χ1n) is 4.09. The Balaban J connectivity index is 3.75. The topological polar surface area (TPSA) is 90.2 Å². The fourth-order valence-electron chi connectivity index (χ4n) is 0.729. The lowest BCUT2D eigenvalue weighted by Gasteiger charge is -2.08. The second kappa shape index (κ2) is 7.21. The first-order chi connectivity index (χ1) is 6.61. The monoisotopic (exact) mass is 216 g/mol. The zero-order valence-corrected chi connectivity index (χ0v) is 8.63. The number of nitriles is 1. The van der Waals surface area contributed by atoms with Gasteiger partial charge in [0.1, 0.15) is 11.8 Å². The van der Waals surface area contributed by atoms with Crippen LogP contribution in [0.15, 0.2) is 0 Å². The van der Waals surface area contributed by atoms with Gasteiger partial charge in [0.2, 0.25) is 5.91 Å². The molecule has 0 aliphatic carbocycles. The van der Waals surface area contributed by atoms with Crippen LogP contribution in [0.2, 0.25) is 0 Å². The number of amides is 1. The van der Waals surface area contributed by atoms with E-state index in [1.54, 1.807) is 13.0 Å². The molecule has 0 rings (SSSR count). The van der Waals surface area contributed by atoms with Crippen molar-refractivity contribution in [2.45, 2.75) is 18.6 Å². The minimum Gasteiger partial charge on any atom is -0.480 e. The van der Waals surface area contributed by atoms with Crippen molar-refractivity contribution in [3.05, 3.63) is 0 Å². The molecule has 0 aromatic heterocycles. The maximum Gasteiger partial charge on any atom is 0.316 e. The number of nitrogens with zero attached hydrogens (tertiary/aromatic N) is 1. The van der Waals surface area contributed by atoms with Crippen LogP contribution in [0.3, 0.4) is 0 Å². The number of rotatable bonds is 6. The summed E-state index contributed by atoms with van der Waals surface area (Å²) in [6.07, 6.45) is 0.478. The van der Waals surface area contributed by atoms with Crippen LogP contribution < -0.4 is 5.32 Å². The second-order valence-corrected chi connectivity index (χ2v) is 3.67. The smallest absolute Gasteiger partial charge is 0.316 e. The highest BCUT2D eigenvalue weighted by molar-refractivity contribution is 8.01. The number of hydrogen-bond acceptors (Lipinski definition) is 4. The van der Waals surface area contributed by atoms with E-state index in [-0.39, 0.29) is 18.2 Å². The highest BCUT2D eigenvalue weighted by Gasteiger charge is 2.16. The molecule has 1 atom stereocenters. The summed E-state index contributed by atoms with van der Waals surface area (Å²) in [7, 11) is 0. The molecule has 0 aromatic rings. The summed E-state index contributed by atoms with van der Waals surface area (Å²) in [5.41, 5.74) is 0. The van der Waals surface area contributed by atoms with Crippen LogP contribution in [-0.2, 0) is 9.59 Å². The quantitative estimate of drug-likeness (QED) is 0.620. The number of nitrogens with one attached hydrogen (secondary N) is 1. The molecular formula is C8H12N2O3S. The normalized spacial score (nSPS) is 11.4. The van der Waals surface area contributed by atoms with E-state index in [1.165, 1.54) is 0 Å². The van der Waals surface area contributed by atoms with Crippen molar-refractivity contribution >= 4 is 23.6 Å². The molecule has 5 nitrogen and oxygen atoms in total. The van der Waals surface area contributed by atoms with Crippen LogP contribution >= 0.6 is 11.8 Å². The van der Waals surface area contributed by atoms with Crippen LogP contribution in [0, 0.1) is 11.3 Å². The predicted octanol–water partition coefficient (Wildman–Crippen LogP) is 0.223. The van der Waals surface area contributed by atoms with E-state index in [2.05, 4.69) is 5.32 Å². The van der Waals surface area contributed by atoms with Crippen molar-refractivity contribution in [1.82, 2.24) is 5.32 Å². The van der Waals surface area contributed by atoms with E-state index in [0.717, 1.165) is 11.8 Å². The summed E-state index contributed by atoms with van der Waals surface area (Å²) in [6.45, 7) is 1.71. The first-order valence-corrected chi connectivity index (χ1v) is 5.14. The van der Waals surface area contributed by atoms with Crippen molar-refractivity contribution in [2.75, 3.05) is 12.3 Å². The second-order valence-electron chi connectivity index (χ2n) is 2.48. The maximum absolute atomic E-state index is 11.0. The first kappa shape index (κ1) is 12.8. The number of carbonyl (C=O) groups is 2. The van der Waals surface area contributed by atoms with Crippen molar-refractivity contribution in [2.24, 2.45) is 0 Å². The van der Waals surface area contributed by atoms with Gasteiger partial charge in [-0.05, 0) is 6.42 Å². The molecule has 0 saturated heterocycles. The van der Waals surface area contributed by atoms with Crippen molar-refractivity contribution in [3.63, 3.8) is 0 Å². The van der Waals surface area contributed by atoms with Gasteiger partial charge in [-0.25, -0.2) is 0 Å². The molecule has 14 heavy (non-hydrogen) atoms. The Bertz CT molecular complexity index is 249. The standard InChI is InChI=1S/C8H12N2O3S/c1-2-6(8(12)13)14-5-7(11)10-4-3-9/h6H,2,4-5H2,1H3,(H,10,11)(H,12,13). The summed E-state index contributed by atoms with van der Waals surface area (Å²) in [6, 6.07) is 1.77. The molecule has 2 N–H and O–H groups in total. The maximum atomic E-state index is 11.0. The molecule has 0 aromatic carbocycles. The van der Waals surface area contributed by atoms with Crippen LogP contribution in [0.5, 0.6) is 0 Å². The Morgan fingerprint density at radius 2 is 2.29 bits per heavy atom. The van der Waals surface area contributed by atoms with E-state index in [1.807, 2.05) is 0 Å². The zero-order chi connectivity index (χ0) is 11.0. The highest BCUT2D eigenvalue weighted by Crippen LogP contribution is 2.13. The number of carboxylic acids is 1. The van der Waals surface area contributed by atoms with Crippen LogP contribution in [0.4, 0.5) is 0 Å². The lowest BCUT2D eigenvalue weighted by atomic mass is 10.3. The fraction of sp³-hybridized carbons (Fsp3) is 0.625. The zero-order valence-electron chi connectivity index (χ0n) is 7.82. The summed E-state index contributed by atoms with van der Waals surface area (Å²) in [4.78, 5) is 21.5. The van der Waals surface area contributed by atoms with Gasteiger partial charge in [-0.2, -0.15) is 5.26 Å². The number of hydrogen-bond donors (Lipinski definition) is 2. The number of aliphatic carboxylic acids is 1. The SMILES string of the molecule is CCC(SCC(=O)NCC#N)C(=O)O. The predicted molar refractivity (Wildman–Crippen MR) is 52.8 cm³/mol. The fourth-order valence-corrected chi connectivity index (χ4v) is 1.56. The largest absolute Gasteiger partial charge is 0.480 e. The lowest BCUT2D eigenvalue weighted by Crippen LogP contribution is -2.27. The molecule has 0 bridgehead atoms. The van der Waals surface area contributed by atoms with Gasteiger partial charge in [0, 0.05) is 0 Å². The molecule has 0 spiro atoms. The Hall–Kier alpha value is -1.22. The van der Waals surface area contributed by atoms with E-state index in [4.69, 9.17) is 10.4 Å². The molecule has 78 valence electrons. The van der Waals surface area contributed by atoms with E-state index >= 15 is 0 Å². The van der Waals surface area contributed by atoms with Crippen molar-refractivity contribution < 1.29 is 14.7 Å². The third kappa shape index (κ3) is 5.43. The Kier molecular flexibility index (Phi) is 6.58. The Morgan fingerprint density at radius 3 is 2.71 bits per heavy atom. The molecule has 0 radical (unpaired) electrons. The number of carbonyl (C=O) groups excluding carboxylic acids is 1. The van der Waals surface area contributed by atoms with Crippen LogP contribution in [-0.4, -0.2) is 34.5 Å². The summed E-state index contributed by atoms with van der Waals surface area (Å²) < 4.78 is 0. The van der Waals surface area contributed by atoms with E-state index < -0.39 is 11.2 Å². The summed E-state index contributed by atoms with van der Waals surface area (Å²) >= 11 is 1.07. The number of carboxylic acid groups (broad SMARTS) is 1. The van der Waals surface area contributed by atoms with Gasteiger partial charge in [0.05, 0.1) is 11.8 Å². The van der Waals surface area contributed by atoms with Gasteiger partial charge >= 0.3 is 5.97 Å². The van der Waals surface area contributed by atoms with Crippen molar-refractivity contribution in [1.29, 1.82) is 5.26 Å². The molecule has 0 aliphatic heterocycles. The van der Waals surface area contributed by atoms with Crippen molar-refractivity contribution in [3.8, 4) is 6.07 Å². The lowest BCUT2D eigenvalue weighted by molar-refractivity contribution is -0.136. The molecule has 1 amide bonds. The third-order valence-corrected chi connectivity index (χ3v) is 2.79. The molecule has 0 heterocycles. The minimum absolute atomic E-state index is 0.0384. The summed E-state index contributed by atoms with van der Waals surface area (Å²) in [5, 5.41) is 18.6. The van der Waals surface area contributed by atoms with Crippen LogP contribution in [0.1, 0.15) is 13.3 Å². The Labute approximate surface area is 86.5 Å². The molecule has 6 heteroatoms. The van der Waals surface area contributed by atoms with Gasteiger partial charge in [-0.15, -0.1) is 11.8 Å². The molecule has 1 unspecified atom stereocenters. The third-order valence-electron chi connectivity index (χ3n) is 1.43. The molecule has 0 fully saturated rings. The molecule has 0 saturated carbocycles. The van der Waals surface area contributed by atoms with E-state index in [0.29, 0.717) is 6.42 Å².